The maximum absolute atomic E-state index is 12.0. The smallest absolute Gasteiger partial charge is 0.264 e. The summed E-state index contributed by atoms with van der Waals surface area (Å²) in [5.74, 6) is 1.20. The molecule has 148 valence electrons. The molecule has 2 atom stereocenters. The fraction of sp³-hybridized carbons (Fsp3) is 0.409. The Morgan fingerprint density at radius 3 is 2.71 bits per heavy atom. The van der Waals surface area contributed by atoms with Crippen molar-refractivity contribution in [3.05, 3.63) is 53.6 Å². The summed E-state index contributed by atoms with van der Waals surface area (Å²) in [4.78, 5) is 13.5. The number of benzene rings is 2. The summed E-state index contributed by atoms with van der Waals surface area (Å²) in [6.45, 7) is 4.48. The first-order valence-electron chi connectivity index (χ1n) is 9.58. The molecule has 6 heteroatoms. The molecule has 0 bridgehead atoms. The molecule has 0 saturated carbocycles. The molecule has 0 spiro atoms. The second-order valence-electron chi connectivity index (χ2n) is 7.92. The highest BCUT2D eigenvalue weighted by molar-refractivity contribution is 5.97. The van der Waals surface area contributed by atoms with E-state index in [4.69, 9.17) is 9.47 Å². The molecular formula is C22H26N2O4. The van der Waals surface area contributed by atoms with E-state index in [1.807, 2.05) is 44.2 Å². The molecule has 2 aliphatic rings. The molecule has 6 nitrogen and oxygen atoms in total. The Morgan fingerprint density at radius 1 is 1.21 bits per heavy atom. The monoisotopic (exact) mass is 382 g/mol. The molecule has 0 fully saturated rings. The lowest BCUT2D eigenvalue weighted by Gasteiger charge is -2.43. The zero-order valence-corrected chi connectivity index (χ0v) is 16.4. The molecule has 2 aromatic rings. The molecule has 1 amide bonds. The van der Waals surface area contributed by atoms with Crippen LogP contribution in [0.4, 0.5) is 5.69 Å². The fourth-order valence-electron chi connectivity index (χ4n) is 3.80. The van der Waals surface area contributed by atoms with Crippen molar-refractivity contribution in [2.45, 2.75) is 38.0 Å². The number of aliphatic hydroxyl groups excluding tert-OH is 1. The van der Waals surface area contributed by atoms with Gasteiger partial charge in [-0.2, -0.15) is 0 Å². The van der Waals surface area contributed by atoms with Crippen LogP contribution in [0.1, 0.15) is 31.0 Å². The molecule has 0 radical (unpaired) electrons. The summed E-state index contributed by atoms with van der Waals surface area (Å²) in [5, 5.41) is 14.4. The molecule has 0 aromatic heterocycles. The third-order valence-corrected chi connectivity index (χ3v) is 5.53. The number of nitrogens with one attached hydrogen (secondary N) is 1. The van der Waals surface area contributed by atoms with Crippen LogP contribution in [0.15, 0.2) is 42.5 Å². The first-order valence-corrected chi connectivity index (χ1v) is 9.58. The second-order valence-corrected chi connectivity index (χ2v) is 7.92. The lowest BCUT2D eigenvalue weighted by atomic mass is 9.86. The van der Waals surface area contributed by atoms with E-state index in [0.717, 1.165) is 18.5 Å². The number of nitrogens with zero attached hydrogens (tertiary/aromatic N) is 1. The minimum atomic E-state index is -0.760. The van der Waals surface area contributed by atoms with Crippen LogP contribution in [-0.4, -0.2) is 42.9 Å². The predicted octanol–water partition coefficient (Wildman–Crippen LogP) is 2.45. The van der Waals surface area contributed by atoms with Gasteiger partial charge in [0.05, 0.1) is 11.7 Å². The average molecular weight is 382 g/mol. The molecule has 28 heavy (non-hydrogen) atoms. The zero-order chi connectivity index (χ0) is 19.9. The third-order valence-electron chi connectivity index (χ3n) is 5.53. The van der Waals surface area contributed by atoms with Crippen molar-refractivity contribution in [3.63, 3.8) is 0 Å². The summed E-state index contributed by atoms with van der Waals surface area (Å²) >= 11 is 0. The third kappa shape index (κ3) is 3.34. The van der Waals surface area contributed by atoms with E-state index in [2.05, 4.69) is 17.4 Å². The Hall–Kier alpha value is -2.57. The van der Waals surface area contributed by atoms with E-state index in [9.17, 15) is 9.90 Å². The number of amides is 1. The Kier molecular flexibility index (Phi) is 4.77. The molecule has 2 unspecified atom stereocenters. The van der Waals surface area contributed by atoms with Crippen molar-refractivity contribution in [2.24, 2.45) is 0 Å². The highest BCUT2D eigenvalue weighted by Crippen LogP contribution is 2.46. The predicted molar refractivity (Wildman–Crippen MR) is 107 cm³/mol. The molecular weight excluding hydrogens is 356 g/mol. The number of ether oxygens (including phenoxy) is 2. The van der Waals surface area contributed by atoms with Crippen molar-refractivity contribution < 1.29 is 19.4 Å². The molecule has 0 aliphatic carbocycles. The SMILES string of the molecule is CN1C(=O)COc2cc3c(cc21)OC(C)(C)C(O)C3NCCc1ccccc1. The number of rotatable bonds is 4. The van der Waals surface area contributed by atoms with E-state index in [0.29, 0.717) is 17.2 Å². The first kappa shape index (κ1) is 18.8. The van der Waals surface area contributed by atoms with Crippen molar-refractivity contribution in [1.82, 2.24) is 5.32 Å². The van der Waals surface area contributed by atoms with Crippen molar-refractivity contribution in [3.8, 4) is 11.5 Å². The van der Waals surface area contributed by atoms with Gasteiger partial charge >= 0.3 is 0 Å². The Morgan fingerprint density at radius 2 is 1.96 bits per heavy atom. The van der Waals surface area contributed by atoms with Gasteiger partial charge in [-0.3, -0.25) is 4.79 Å². The highest BCUT2D eigenvalue weighted by Gasteiger charge is 2.43. The van der Waals surface area contributed by atoms with E-state index in [-0.39, 0.29) is 18.6 Å². The van der Waals surface area contributed by atoms with Crippen LogP contribution in [0.2, 0.25) is 0 Å². The maximum Gasteiger partial charge on any atom is 0.264 e. The lowest BCUT2D eigenvalue weighted by molar-refractivity contribution is -0.121. The molecule has 2 aromatic carbocycles. The normalized spacial score (nSPS) is 22.7. The average Bonchev–Trinajstić information content (AvgIpc) is 2.68. The van der Waals surface area contributed by atoms with Gasteiger partial charge in [-0.15, -0.1) is 0 Å². The molecule has 2 N–H and O–H groups in total. The van der Waals surface area contributed by atoms with Gasteiger partial charge in [-0.25, -0.2) is 0 Å². The standard InChI is InChI=1S/C22H26N2O4/c1-22(2)21(26)20(23-10-9-14-7-5-4-6-8-14)15-11-18-16(12-17(15)28-22)24(3)19(25)13-27-18/h4-8,11-12,20-21,23,26H,9-10,13H2,1-3H3. The molecule has 0 saturated heterocycles. The van der Waals surface area contributed by atoms with Crippen LogP contribution in [0.25, 0.3) is 0 Å². The van der Waals surface area contributed by atoms with Crippen LogP contribution in [0.3, 0.4) is 0 Å². The van der Waals surface area contributed by atoms with Gasteiger partial charge in [0.1, 0.15) is 23.2 Å². The van der Waals surface area contributed by atoms with Gasteiger partial charge in [0.2, 0.25) is 0 Å². The number of likely N-dealkylation sites (N-methyl/N-ethyl adjacent to an activating group) is 1. The second kappa shape index (κ2) is 7.11. The molecule has 2 heterocycles. The van der Waals surface area contributed by atoms with Gasteiger partial charge in [0.15, 0.2) is 6.61 Å². The summed E-state index contributed by atoms with van der Waals surface area (Å²) in [5.41, 5.74) is 2.01. The van der Waals surface area contributed by atoms with E-state index < -0.39 is 11.7 Å². The van der Waals surface area contributed by atoms with Crippen LogP contribution in [-0.2, 0) is 11.2 Å². The number of carbonyl (C=O) groups excluding carboxylic acids is 1. The van der Waals surface area contributed by atoms with Crippen molar-refractivity contribution in [2.75, 3.05) is 25.1 Å². The Balaban J connectivity index is 1.62. The van der Waals surface area contributed by atoms with Crippen LogP contribution < -0.4 is 19.7 Å². The quantitative estimate of drug-likeness (QED) is 0.850. The van der Waals surface area contributed by atoms with Gasteiger partial charge in [-0.05, 0) is 38.4 Å². The summed E-state index contributed by atoms with van der Waals surface area (Å²) in [6, 6.07) is 13.7. The summed E-state index contributed by atoms with van der Waals surface area (Å²) in [6.07, 6.45) is 0.135. The Labute approximate surface area is 165 Å². The summed E-state index contributed by atoms with van der Waals surface area (Å²) < 4.78 is 11.7. The summed E-state index contributed by atoms with van der Waals surface area (Å²) in [7, 11) is 1.73. The van der Waals surface area contributed by atoms with Gasteiger partial charge in [0.25, 0.3) is 5.91 Å². The number of hydrogen-bond donors (Lipinski definition) is 2. The Bertz CT molecular complexity index is 882. The number of hydrogen-bond acceptors (Lipinski definition) is 5. The molecule has 4 rings (SSSR count). The fourth-order valence-corrected chi connectivity index (χ4v) is 3.80. The topological polar surface area (TPSA) is 71.0 Å². The van der Waals surface area contributed by atoms with Crippen LogP contribution >= 0.6 is 0 Å². The highest BCUT2D eigenvalue weighted by atomic mass is 16.5. The minimum Gasteiger partial charge on any atom is -0.485 e. The van der Waals surface area contributed by atoms with E-state index >= 15 is 0 Å². The van der Waals surface area contributed by atoms with Gasteiger partial charge < -0.3 is 24.8 Å². The molecule has 2 aliphatic heterocycles. The number of anilines is 1. The largest absolute Gasteiger partial charge is 0.485 e. The number of carbonyl (C=O) groups is 1. The van der Waals surface area contributed by atoms with E-state index in [1.165, 1.54) is 5.56 Å². The van der Waals surface area contributed by atoms with Crippen molar-refractivity contribution >= 4 is 11.6 Å². The maximum atomic E-state index is 12.0. The van der Waals surface area contributed by atoms with Crippen LogP contribution in [0, 0.1) is 0 Å². The van der Waals surface area contributed by atoms with Gasteiger partial charge in [-0.1, -0.05) is 30.3 Å². The lowest BCUT2D eigenvalue weighted by Crippen LogP contribution is -2.53. The number of aliphatic hydroxyl groups is 1. The zero-order valence-electron chi connectivity index (χ0n) is 16.4. The van der Waals surface area contributed by atoms with Crippen molar-refractivity contribution in [1.29, 1.82) is 0 Å². The first-order chi connectivity index (χ1) is 13.4. The van der Waals surface area contributed by atoms with Gasteiger partial charge in [0, 0.05) is 18.7 Å². The van der Waals surface area contributed by atoms with Crippen LogP contribution in [0.5, 0.6) is 11.5 Å². The minimum absolute atomic E-state index is 0.0172. The number of fused-ring (bicyclic) bond motifs is 2. The van der Waals surface area contributed by atoms with E-state index in [1.54, 1.807) is 11.9 Å².